The topological polar surface area (TPSA) is 80.3 Å². The normalized spacial score (nSPS) is 21.0. The molecule has 5 nitrogen and oxygen atoms in total. The molecule has 1 aliphatic rings. The first-order chi connectivity index (χ1) is 13.6. The lowest BCUT2D eigenvalue weighted by Gasteiger charge is -2.28. The van der Waals surface area contributed by atoms with Crippen molar-refractivity contribution in [3.05, 3.63) is 35.4 Å². The van der Waals surface area contributed by atoms with E-state index in [1.54, 1.807) is 26.0 Å². The van der Waals surface area contributed by atoms with Crippen LogP contribution in [0.5, 0.6) is 0 Å². The third-order valence-electron chi connectivity index (χ3n) is 6.07. The summed E-state index contributed by atoms with van der Waals surface area (Å²) in [6, 6.07) is 7.38. The van der Waals surface area contributed by atoms with Gasteiger partial charge in [0.25, 0.3) is 5.91 Å². The molecule has 1 atom stereocenters. The Morgan fingerprint density at radius 3 is 2.14 bits per heavy atom. The van der Waals surface area contributed by atoms with Crippen LogP contribution in [0.25, 0.3) is 0 Å². The predicted octanol–water partition coefficient (Wildman–Crippen LogP) is 3.96. The first-order valence-electron chi connectivity index (χ1n) is 10.8. The second kappa shape index (κ2) is 10.4. The summed E-state index contributed by atoms with van der Waals surface area (Å²) in [6.07, 6.45) is 4.39. The molecule has 1 amide bonds. The van der Waals surface area contributed by atoms with Crippen LogP contribution in [0.15, 0.2) is 24.3 Å². The Morgan fingerprint density at radius 1 is 1.03 bits per heavy atom. The lowest BCUT2D eigenvalue weighted by Crippen LogP contribution is -2.31. The van der Waals surface area contributed by atoms with Gasteiger partial charge in [-0.05, 0) is 76.5 Å². The fraction of sp³-hybridized carbons (Fsp3) is 0.652. The number of rotatable bonds is 9. The van der Waals surface area contributed by atoms with E-state index in [-0.39, 0.29) is 40.6 Å². The van der Waals surface area contributed by atoms with Crippen molar-refractivity contribution in [3.8, 4) is 0 Å². The van der Waals surface area contributed by atoms with Crippen molar-refractivity contribution in [2.45, 2.75) is 77.5 Å². The van der Waals surface area contributed by atoms with Crippen LogP contribution in [0.2, 0.25) is 0 Å². The van der Waals surface area contributed by atoms with Crippen molar-refractivity contribution in [1.82, 2.24) is 5.32 Å². The van der Waals surface area contributed by atoms with Crippen molar-refractivity contribution in [2.24, 2.45) is 11.8 Å². The van der Waals surface area contributed by atoms with Crippen LogP contribution < -0.4 is 5.32 Å². The molecule has 1 aromatic carbocycles. The number of ketones is 1. The molecule has 2 rings (SSSR count). The van der Waals surface area contributed by atoms with E-state index in [2.05, 4.69) is 5.32 Å². The number of carbonyl (C=O) groups is 2. The summed E-state index contributed by atoms with van der Waals surface area (Å²) in [4.78, 5) is 24.8. The van der Waals surface area contributed by atoms with Crippen molar-refractivity contribution >= 4 is 21.5 Å². The number of carbonyl (C=O) groups excluding carboxylic acids is 2. The van der Waals surface area contributed by atoms with Gasteiger partial charge in [0.2, 0.25) is 0 Å². The van der Waals surface area contributed by atoms with E-state index in [1.165, 1.54) is 0 Å². The van der Waals surface area contributed by atoms with Crippen LogP contribution >= 0.6 is 0 Å². The van der Waals surface area contributed by atoms with E-state index in [1.807, 2.05) is 26.0 Å². The van der Waals surface area contributed by atoms with Gasteiger partial charge >= 0.3 is 0 Å². The van der Waals surface area contributed by atoms with E-state index in [0.29, 0.717) is 12.0 Å². The first kappa shape index (κ1) is 23.6. The van der Waals surface area contributed by atoms with Crippen molar-refractivity contribution < 1.29 is 18.0 Å². The SMILES string of the molecule is CCC(C)NC(=O)c1ccc(CC(=O)C2CCC(CS(=O)(=O)C(C)C)CC2)cc1. The van der Waals surface area contributed by atoms with Gasteiger partial charge in [-0.15, -0.1) is 0 Å². The largest absolute Gasteiger partial charge is 0.350 e. The lowest BCUT2D eigenvalue weighted by atomic mass is 9.79. The smallest absolute Gasteiger partial charge is 0.251 e. The average Bonchev–Trinajstić information content (AvgIpc) is 2.68. The molecule has 0 bridgehead atoms. The number of nitrogens with one attached hydrogen (secondary N) is 1. The highest BCUT2D eigenvalue weighted by molar-refractivity contribution is 7.91. The molecule has 0 radical (unpaired) electrons. The summed E-state index contributed by atoms with van der Waals surface area (Å²) in [5, 5.41) is 2.60. The zero-order valence-corrected chi connectivity index (χ0v) is 18.9. The van der Waals surface area contributed by atoms with Crippen LogP contribution in [0.3, 0.4) is 0 Å². The maximum absolute atomic E-state index is 12.7. The highest BCUT2D eigenvalue weighted by Gasteiger charge is 2.30. The summed E-state index contributed by atoms with van der Waals surface area (Å²) in [6.45, 7) is 7.45. The third-order valence-corrected chi connectivity index (χ3v) is 8.45. The van der Waals surface area contributed by atoms with E-state index in [0.717, 1.165) is 37.7 Å². The molecule has 29 heavy (non-hydrogen) atoms. The summed E-state index contributed by atoms with van der Waals surface area (Å²) in [5.41, 5.74) is 1.52. The van der Waals surface area contributed by atoms with Gasteiger partial charge in [0.05, 0.1) is 11.0 Å². The fourth-order valence-electron chi connectivity index (χ4n) is 3.70. The van der Waals surface area contributed by atoms with Gasteiger partial charge in [-0.3, -0.25) is 9.59 Å². The van der Waals surface area contributed by atoms with Gasteiger partial charge in [-0.2, -0.15) is 0 Å². The molecule has 0 spiro atoms. The zero-order chi connectivity index (χ0) is 21.6. The minimum absolute atomic E-state index is 0.0152. The van der Waals surface area contributed by atoms with Crippen LogP contribution in [0.1, 0.15) is 75.7 Å². The fourth-order valence-corrected chi connectivity index (χ4v) is 5.08. The summed E-state index contributed by atoms with van der Waals surface area (Å²) >= 11 is 0. The van der Waals surface area contributed by atoms with Crippen LogP contribution in [-0.2, 0) is 21.1 Å². The van der Waals surface area contributed by atoms with Crippen molar-refractivity contribution in [1.29, 1.82) is 0 Å². The van der Waals surface area contributed by atoms with E-state index in [4.69, 9.17) is 0 Å². The Kier molecular flexibility index (Phi) is 8.44. The Balaban J connectivity index is 1.84. The van der Waals surface area contributed by atoms with E-state index < -0.39 is 9.84 Å². The highest BCUT2D eigenvalue weighted by atomic mass is 32.2. The van der Waals surface area contributed by atoms with Crippen molar-refractivity contribution in [3.63, 3.8) is 0 Å². The summed E-state index contributed by atoms with van der Waals surface area (Å²) < 4.78 is 24.2. The molecular formula is C23H35NO4S. The highest BCUT2D eigenvalue weighted by Crippen LogP contribution is 2.31. The van der Waals surface area contributed by atoms with Gasteiger partial charge < -0.3 is 5.32 Å². The molecular weight excluding hydrogens is 386 g/mol. The molecule has 1 fully saturated rings. The molecule has 1 unspecified atom stereocenters. The molecule has 1 aromatic rings. The van der Waals surface area contributed by atoms with Gasteiger partial charge in [0, 0.05) is 23.9 Å². The lowest BCUT2D eigenvalue weighted by molar-refractivity contribution is -0.123. The van der Waals surface area contributed by atoms with Crippen LogP contribution in [-0.4, -0.2) is 37.2 Å². The average molecular weight is 422 g/mol. The summed E-state index contributed by atoms with van der Waals surface area (Å²) in [5.74, 6) is 0.557. The molecule has 1 N–H and O–H groups in total. The summed E-state index contributed by atoms with van der Waals surface area (Å²) in [7, 11) is -3.02. The number of amides is 1. The Labute approximate surface area is 175 Å². The van der Waals surface area contributed by atoms with Crippen molar-refractivity contribution in [2.75, 3.05) is 5.75 Å². The number of sulfone groups is 1. The predicted molar refractivity (Wildman–Crippen MR) is 117 cm³/mol. The van der Waals surface area contributed by atoms with Gasteiger partial charge in [-0.1, -0.05) is 19.1 Å². The first-order valence-corrected chi connectivity index (χ1v) is 12.5. The number of hydrogen-bond donors (Lipinski definition) is 1. The molecule has 1 aliphatic carbocycles. The van der Waals surface area contributed by atoms with Crippen LogP contribution in [0.4, 0.5) is 0 Å². The van der Waals surface area contributed by atoms with Gasteiger partial charge in [0.1, 0.15) is 5.78 Å². The van der Waals surface area contributed by atoms with Crippen LogP contribution in [0, 0.1) is 11.8 Å². The molecule has 0 heterocycles. The third kappa shape index (κ3) is 6.95. The molecule has 0 saturated heterocycles. The number of hydrogen-bond acceptors (Lipinski definition) is 4. The van der Waals surface area contributed by atoms with E-state index in [9.17, 15) is 18.0 Å². The van der Waals surface area contributed by atoms with Gasteiger partial charge in [0.15, 0.2) is 9.84 Å². The Bertz CT molecular complexity index is 791. The Hall–Kier alpha value is -1.69. The standard InChI is InChI=1S/C23H35NO4S/c1-5-17(4)24-23(26)21-12-6-18(7-13-21)14-22(25)20-10-8-19(9-11-20)15-29(27,28)16(2)3/h6-7,12-13,16-17,19-20H,5,8-11,14-15H2,1-4H3,(H,24,26). The second-order valence-electron chi connectivity index (χ2n) is 8.72. The molecule has 6 heteroatoms. The zero-order valence-electron chi connectivity index (χ0n) is 18.1. The van der Waals surface area contributed by atoms with Gasteiger partial charge in [-0.25, -0.2) is 8.42 Å². The molecule has 0 aromatic heterocycles. The molecule has 162 valence electrons. The maximum Gasteiger partial charge on any atom is 0.251 e. The Morgan fingerprint density at radius 2 is 1.62 bits per heavy atom. The number of benzene rings is 1. The quantitative estimate of drug-likeness (QED) is 0.654. The minimum atomic E-state index is -3.02. The van der Waals surface area contributed by atoms with E-state index >= 15 is 0 Å². The molecule has 1 saturated carbocycles. The monoisotopic (exact) mass is 421 g/mol. The molecule has 0 aliphatic heterocycles. The second-order valence-corrected chi connectivity index (χ2v) is 11.3. The number of Topliss-reactive ketones (excluding diaryl/α,β-unsaturated/α-hetero) is 1. The minimum Gasteiger partial charge on any atom is -0.350 e. The maximum atomic E-state index is 12.7.